The number of anilines is 1. The van der Waals surface area contributed by atoms with Gasteiger partial charge in [-0.25, -0.2) is 0 Å². The molecule has 2 N–H and O–H groups in total. The van der Waals surface area contributed by atoms with E-state index in [1.807, 2.05) is 29.2 Å². The second-order valence-electron chi connectivity index (χ2n) is 6.60. The number of hydrogen-bond donors (Lipinski definition) is 2. The van der Waals surface area contributed by atoms with Crippen LogP contribution in [0.3, 0.4) is 0 Å². The van der Waals surface area contributed by atoms with Gasteiger partial charge >= 0.3 is 0 Å². The molecule has 2 fully saturated rings. The van der Waals surface area contributed by atoms with Crippen molar-refractivity contribution in [2.24, 2.45) is 5.92 Å². The average molecular weight is 315 g/mol. The van der Waals surface area contributed by atoms with Gasteiger partial charge in [0.1, 0.15) is 0 Å². The molecule has 2 unspecified atom stereocenters. The number of carbonyl (C=O) groups excluding carboxylic acids is 2. The van der Waals surface area contributed by atoms with Crippen LogP contribution in [-0.2, 0) is 4.79 Å². The van der Waals surface area contributed by atoms with Gasteiger partial charge in [0.25, 0.3) is 5.91 Å². The van der Waals surface area contributed by atoms with Crippen molar-refractivity contribution in [2.75, 3.05) is 25.0 Å². The summed E-state index contributed by atoms with van der Waals surface area (Å²) in [5, 5.41) is 6.13. The molecule has 5 heteroatoms. The molecule has 0 bridgehead atoms. The summed E-state index contributed by atoms with van der Waals surface area (Å²) in [6, 6.07) is 7.58. The molecule has 2 aliphatic rings. The second kappa shape index (κ2) is 7.13. The van der Waals surface area contributed by atoms with Crippen LogP contribution in [0.15, 0.2) is 24.3 Å². The third kappa shape index (κ3) is 3.72. The fourth-order valence-electron chi connectivity index (χ4n) is 3.38. The van der Waals surface area contributed by atoms with E-state index in [1.54, 1.807) is 0 Å². The van der Waals surface area contributed by atoms with E-state index in [1.165, 1.54) is 6.42 Å². The minimum absolute atomic E-state index is 0.0468. The minimum Gasteiger partial charge on any atom is -0.336 e. The highest BCUT2D eigenvalue weighted by atomic mass is 16.2. The highest BCUT2D eigenvalue weighted by molar-refractivity contribution is 5.96. The lowest BCUT2D eigenvalue weighted by Crippen LogP contribution is -2.42. The fraction of sp³-hybridized carbons (Fsp3) is 0.556. The first kappa shape index (κ1) is 16.0. The first-order chi connectivity index (χ1) is 11.1. The predicted octanol–water partition coefficient (Wildman–Crippen LogP) is 2.25. The number of hydrogen-bond acceptors (Lipinski definition) is 3. The number of carbonyl (C=O) groups is 2. The van der Waals surface area contributed by atoms with Gasteiger partial charge in [0.05, 0.1) is 5.92 Å². The van der Waals surface area contributed by atoms with Gasteiger partial charge in [0, 0.05) is 30.4 Å². The van der Waals surface area contributed by atoms with Crippen molar-refractivity contribution < 1.29 is 9.59 Å². The number of amides is 2. The monoisotopic (exact) mass is 315 g/mol. The summed E-state index contributed by atoms with van der Waals surface area (Å²) in [5.41, 5.74) is 1.45. The number of nitrogens with zero attached hydrogens (tertiary/aromatic N) is 1. The summed E-state index contributed by atoms with van der Waals surface area (Å²) in [4.78, 5) is 26.6. The zero-order valence-corrected chi connectivity index (χ0v) is 13.7. The van der Waals surface area contributed by atoms with Crippen molar-refractivity contribution in [1.29, 1.82) is 0 Å². The zero-order chi connectivity index (χ0) is 16.2. The van der Waals surface area contributed by atoms with Gasteiger partial charge in [-0.05, 0) is 63.4 Å². The summed E-state index contributed by atoms with van der Waals surface area (Å²) in [6.07, 6.45) is 4.25. The lowest BCUT2D eigenvalue weighted by molar-refractivity contribution is -0.119. The molecule has 1 aromatic rings. The van der Waals surface area contributed by atoms with Gasteiger partial charge in [-0.3, -0.25) is 9.59 Å². The molecule has 2 atom stereocenters. The van der Waals surface area contributed by atoms with Crippen LogP contribution in [0, 0.1) is 5.92 Å². The quantitative estimate of drug-likeness (QED) is 0.899. The topological polar surface area (TPSA) is 61.4 Å². The molecule has 0 spiro atoms. The van der Waals surface area contributed by atoms with Gasteiger partial charge in [-0.2, -0.15) is 0 Å². The molecule has 0 saturated carbocycles. The van der Waals surface area contributed by atoms with Crippen molar-refractivity contribution in [3.05, 3.63) is 29.8 Å². The fourth-order valence-corrected chi connectivity index (χ4v) is 3.38. The first-order valence-electron chi connectivity index (χ1n) is 8.58. The third-order valence-electron chi connectivity index (χ3n) is 4.89. The third-order valence-corrected chi connectivity index (χ3v) is 4.89. The van der Waals surface area contributed by atoms with Gasteiger partial charge in [0.2, 0.25) is 5.91 Å². The smallest absolute Gasteiger partial charge is 0.254 e. The summed E-state index contributed by atoms with van der Waals surface area (Å²) in [5.74, 6) is 0.194. The Morgan fingerprint density at radius 1 is 1.17 bits per heavy atom. The van der Waals surface area contributed by atoms with Crippen LogP contribution in [0.5, 0.6) is 0 Å². The molecule has 23 heavy (non-hydrogen) atoms. The predicted molar refractivity (Wildman–Crippen MR) is 90.4 cm³/mol. The van der Waals surface area contributed by atoms with Crippen LogP contribution in [0.1, 0.15) is 43.0 Å². The number of nitrogens with one attached hydrogen (secondary N) is 2. The number of likely N-dealkylation sites (tertiary alicyclic amines) is 1. The van der Waals surface area contributed by atoms with E-state index in [4.69, 9.17) is 0 Å². The van der Waals surface area contributed by atoms with Crippen molar-refractivity contribution >= 4 is 17.5 Å². The van der Waals surface area contributed by atoms with E-state index >= 15 is 0 Å². The van der Waals surface area contributed by atoms with E-state index in [2.05, 4.69) is 17.6 Å². The summed E-state index contributed by atoms with van der Waals surface area (Å²) in [7, 11) is 0. The second-order valence-corrected chi connectivity index (χ2v) is 6.60. The van der Waals surface area contributed by atoms with Gasteiger partial charge in [0.15, 0.2) is 0 Å². The zero-order valence-electron chi connectivity index (χ0n) is 13.7. The number of benzene rings is 1. The highest BCUT2D eigenvalue weighted by Gasteiger charge is 2.25. The number of rotatable bonds is 3. The van der Waals surface area contributed by atoms with Crippen LogP contribution < -0.4 is 10.6 Å². The Balaban J connectivity index is 1.62. The molecule has 124 valence electrons. The van der Waals surface area contributed by atoms with Crippen LogP contribution in [0.25, 0.3) is 0 Å². The van der Waals surface area contributed by atoms with Gasteiger partial charge < -0.3 is 15.5 Å². The standard InChI is InChI=1S/C18H25N3O2/c1-13-4-2-3-11-21(13)18(23)14-5-7-16(8-6-14)20-17(22)15-9-10-19-12-15/h5-8,13,15,19H,2-4,9-12H2,1H3,(H,20,22). The Bertz CT molecular complexity index is 564. The lowest BCUT2D eigenvalue weighted by Gasteiger charge is -2.33. The minimum atomic E-state index is 0.0468. The molecule has 2 heterocycles. The van der Waals surface area contributed by atoms with Gasteiger partial charge in [-0.1, -0.05) is 0 Å². The maximum absolute atomic E-state index is 12.6. The largest absolute Gasteiger partial charge is 0.336 e. The lowest BCUT2D eigenvalue weighted by atomic mass is 10.0. The highest BCUT2D eigenvalue weighted by Crippen LogP contribution is 2.20. The van der Waals surface area contributed by atoms with E-state index < -0.39 is 0 Å². The van der Waals surface area contributed by atoms with E-state index in [0.717, 1.165) is 44.6 Å². The van der Waals surface area contributed by atoms with Crippen molar-refractivity contribution in [3.8, 4) is 0 Å². The van der Waals surface area contributed by atoms with Crippen molar-refractivity contribution in [2.45, 2.75) is 38.6 Å². The molecule has 0 aliphatic carbocycles. The molecule has 0 aromatic heterocycles. The maximum atomic E-state index is 12.6. The van der Waals surface area contributed by atoms with Crippen molar-refractivity contribution in [3.63, 3.8) is 0 Å². The Labute approximate surface area is 137 Å². The summed E-state index contributed by atoms with van der Waals surface area (Å²) >= 11 is 0. The van der Waals surface area contributed by atoms with Crippen LogP contribution in [0.2, 0.25) is 0 Å². The van der Waals surface area contributed by atoms with E-state index in [0.29, 0.717) is 11.6 Å². The van der Waals surface area contributed by atoms with Gasteiger partial charge in [-0.15, -0.1) is 0 Å². The summed E-state index contributed by atoms with van der Waals surface area (Å²) in [6.45, 7) is 4.60. The van der Waals surface area contributed by atoms with E-state index in [9.17, 15) is 9.59 Å². The Morgan fingerprint density at radius 3 is 2.61 bits per heavy atom. The molecule has 5 nitrogen and oxygen atoms in total. The Morgan fingerprint density at radius 2 is 1.96 bits per heavy atom. The molecule has 2 aliphatic heterocycles. The molecule has 3 rings (SSSR count). The Hall–Kier alpha value is -1.88. The van der Waals surface area contributed by atoms with Crippen molar-refractivity contribution in [1.82, 2.24) is 10.2 Å². The first-order valence-corrected chi connectivity index (χ1v) is 8.58. The molecule has 2 saturated heterocycles. The SMILES string of the molecule is CC1CCCCN1C(=O)c1ccc(NC(=O)C2CCNC2)cc1. The normalized spacial score (nSPS) is 24.5. The van der Waals surface area contributed by atoms with Crippen LogP contribution in [-0.4, -0.2) is 42.4 Å². The Kier molecular flexibility index (Phi) is 4.96. The summed E-state index contributed by atoms with van der Waals surface area (Å²) < 4.78 is 0. The molecular weight excluding hydrogens is 290 g/mol. The molecule has 0 radical (unpaired) electrons. The molecule has 2 amide bonds. The molecular formula is C18H25N3O2. The van der Waals surface area contributed by atoms with Crippen LogP contribution in [0.4, 0.5) is 5.69 Å². The average Bonchev–Trinajstić information content (AvgIpc) is 3.10. The van der Waals surface area contributed by atoms with E-state index in [-0.39, 0.29) is 17.7 Å². The maximum Gasteiger partial charge on any atom is 0.254 e. The van der Waals surface area contributed by atoms with Crippen LogP contribution >= 0.6 is 0 Å². The number of piperidine rings is 1. The molecule has 1 aromatic carbocycles.